The number of nitrogens with two attached hydrogens (primary N) is 1. The molecule has 11 heterocycles. The molecule has 1 unspecified atom stereocenters. The average molecular weight is 1830 g/mol. The van der Waals surface area contributed by atoms with E-state index in [1.165, 1.54) is 110 Å². The maximum absolute atomic E-state index is 14.4. The maximum Gasteiger partial charge on any atom is 0.291 e. The zero-order valence-electron chi connectivity index (χ0n) is 69.3. The Labute approximate surface area is 740 Å². The number of hydrogen-bond donors (Lipinski definition) is 6. The average Bonchev–Trinajstić information content (AvgIpc) is 1.63. The molecule has 10 aromatic heterocycles. The van der Waals surface area contributed by atoms with E-state index >= 15 is 0 Å². The van der Waals surface area contributed by atoms with Crippen molar-refractivity contribution in [2.24, 2.45) is 12.2 Å². The summed E-state index contributed by atoms with van der Waals surface area (Å²) >= 11 is 0. The molecule has 1 saturated carbocycles. The monoisotopic (exact) mass is 1830 g/mol. The van der Waals surface area contributed by atoms with Crippen molar-refractivity contribution in [1.29, 1.82) is 0 Å². The highest BCUT2D eigenvalue weighted by Gasteiger charge is 2.32. The van der Waals surface area contributed by atoms with Gasteiger partial charge in [-0.25, -0.2) is 77.0 Å². The number of carbonyl (C=O) groups excluding carboxylic acids is 4. The van der Waals surface area contributed by atoms with Crippen LogP contribution in [0.3, 0.4) is 0 Å². The lowest BCUT2D eigenvalue weighted by Crippen LogP contribution is -2.30. The Morgan fingerprint density at radius 2 is 0.817 bits per heavy atom. The number of nitrogens with one attached hydrogen (secondary N) is 4. The third kappa shape index (κ3) is 20.6. The van der Waals surface area contributed by atoms with Gasteiger partial charge in [-0.15, -0.1) is 0 Å². The van der Waals surface area contributed by atoms with E-state index in [0.717, 1.165) is 74.7 Å². The van der Waals surface area contributed by atoms with Gasteiger partial charge in [-0.2, -0.15) is 0 Å². The molecule has 2 fully saturated rings. The van der Waals surface area contributed by atoms with Gasteiger partial charge in [0, 0.05) is 53.5 Å². The Balaban J connectivity index is 0.000000134. The van der Waals surface area contributed by atoms with E-state index in [9.17, 15) is 76.2 Å². The van der Waals surface area contributed by atoms with E-state index in [4.69, 9.17) is 27.5 Å². The Morgan fingerprint density at radius 3 is 1.23 bits per heavy atom. The van der Waals surface area contributed by atoms with Gasteiger partial charge in [0.25, 0.3) is 23.6 Å². The van der Waals surface area contributed by atoms with Crippen LogP contribution >= 0.6 is 0 Å². The number of aryl methyl sites for hydroxylation is 2. The first-order valence-electron chi connectivity index (χ1n) is 39.9. The third-order valence-electron chi connectivity index (χ3n) is 20.9. The molecule has 4 amide bonds. The fourth-order valence-electron chi connectivity index (χ4n) is 14.2. The van der Waals surface area contributed by atoms with Crippen molar-refractivity contribution < 1.29 is 98.6 Å². The van der Waals surface area contributed by atoms with Crippen LogP contribution < -0.4 is 26.4 Å². The molecule has 16 aromatic rings. The number of ether oxygens (including phenoxy) is 1. The van der Waals surface area contributed by atoms with E-state index in [-0.39, 0.29) is 98.6 Å². The second kappa shape index (κ2) is 38.7. The van der Waals surface area contributed by atoms with Crippen molar-refractivity contribution in [1.82, 2.24) is 48.2 Å². The predicted molar refractivity (Wildman–Crippen MR) is 464 cm³/mol. The van der Waals surface area contributed by atoms with E-state index in [0.29, 0.717) is 104 Å². The number of primary sulfonamides is 1. The van der Waals surface area contributed by atoms with Crippen LogP contribution in [-0.2, 0) is 31.6 Å². The van der Waals surface area contributed by atoms with Crippen molar-refractivity contribution >= 4 is 66.2 Å². The summed E-state index contributed by atoms with van der Waals surface area (Å²) in [5.41, 5.74) is 7.47. The number of hydrogen-bond acceptors (Lipinski definition) is 20. The van der Waals surface area contributed by atoms with E-state index in [1.54, 1.807) is 116 Å². The van der Waals surface area contributed by atoms with Crippen LogP contribution in [0.5, 0.6) is 0 Å². The summed E-state index contributed by atoms with van der Waals surface area (Å²) in [7, 11) is -5.91. The van der Waals surface area contributed by atoms with Gasteiger partial charge in [0.05, 0.1) is 125 Å². The maximum atomic E-state index is 14.4. The Morgan fingerprint density at radius 1 is 0.443 bits per heavy atom. The van der Waals surface area contributed by atoms with Gasteiger partial charge >= 0.3 is 0 Å². The number of carbonyl (C=O) groups is 4. The van der Waals surface area contributed by atoms with Gasteiger partial charge in [-0.1, -0.05) is 12.8 Å². The third-order valence-corrected chi connectivity index (χ3v) is 22.9. The molecule has 39 heteroatoms. The summed E-state index contributed by atoms with van der Waals surface area (Å²) in [5.74, 6) is -6.05. The fraction of sp³-hybridized carbons (Fsp3) is 0.152. The second-order valence-electron chi connectivity index (χ2n) is 30.0. The lowest BCUT2D eigenvalue weighted by molar-refractivity contribution is -0.0227. The topological polar surface area (TPSA) is 390 Å². The normalized spacial score (nSPS) is 12.9. The van der Waals surface area contributed by atoms with Gasteiger partial charge in [0.15, 0.2) is 67.6 Å². The molecule has 18 rings (SSSR count). The molecule has 7 N–H and O–H groups in total. The molecule has 1 aliphatic heterocycles. The van der Waals surface area contributed by atoms with Gasteiger partial charge in [0.2, 0.25) is 10.0 Å². The molecule has 29 nitrogen and oxygen atoms in total. The molecule has 0 spiro atoms. The number of sulfone groups is 1. The van der Waals surface area contributed by atoms with E-state index in [1.807, 2.05) is 9.13 Å². The Hall–Kier alpha value is -15.3. The number of sulfonamides is 1. The van der Waals surface area contributed by atoms with Gasteiger partial charge in [-0.3, -0.25) is 29.1 Å². The summed E-state index contributed by atoms with van der Waals surface area (Å²) < 4.78 is 192. The largest absolute Gasteiger partial charge is 0.449 e. The molecule has 0 bridgehead atoms. The van der Waals surface area contributed by atoms with Crippen LogP contribution in [0, 0.1) is 53.5 Å². The minimum atomic E-state index is -4.09. The number of furan rings is 4. The highest BCUT2D eigenvalue weighted by molar-refractivity contribution is 7.90. The van der Waals surface area contributed by atoms with Crippen molar-refractivity contribution in [3.8, 4) is 90.8 Å². The van der Waals surface area contributed by atoms with Crippen molar-refractivity contribution in [3.63, 3.8) is 0 Å². The highest BCUT2D eigenvalue weighted by atomic mass is 32.2. The minimum Gasteiger partial charge on any atom is -0.449 e. The number of nitrogens with zero attached hydrogens (tertiary/aromatic N) is 10. The zero-order valence-corrected chi connectivity index (χ0v) is 71.0. The lowest BCUT2D eigenvalue weighted by Gasteiger charge is -2.28. The number of amides is 4. The highest BCUT2D eigenvalue weighted by Crippen LogP contribution is 2.42. The second-order valence-corrected chi connectivity index (χ2v) is 33.6. The van der Waals surface area contributed by atoms with Crippen LogP contribution in [0.2, 0.25) is 0 Å². The van der Waals surface area contributed by atoms with E-state index < -0.39 is 77.5 Å². The molecule has 0 radical (unpaired) electrons. The predicted octanol–water partition coefficient (Wildman–Crippen LogP) is 18.3. The molecule has 670 valence electrons. The molecule has 1 atom stereocenters. The van der Waals surface area contributed by atoms with Crippen molar-refractivity contribution in [2.45, 2.75) is 67.4 Å². The summed E-state index contributed by atoms with van der Waals surface area (Å²) in [6.45, 7) is 4.33. The van der Waals surface area contributed by atoms with Crippen LogP contribution in [0.25, 0.3) is 90.8 Å². The molecule has 1 aliphatic carbocycles. The first-order chi connectivity index (χ1) is 62.8. The minimum absolute atomic E-state index is 0.00508. The van der Waals surface area contributed by atoms with Crippen molar-refractivity contribution in [2.75, 3.05) is 47.3 Å². The van der Waals surface area contributed by atoms with Crippen LogP contribution in [-0.4, -0.2) is 120 Å². The Bertz CT molecular complexity index is 7160. The smallest absolute Gasteiger partial charge is 0.291 e. The number of aliphatic hydroxyl groups excluding tert-OH is 1. The number of rotatable bonds is 22. The molecule has 2 aliphatic rings. The molecule has 131 heavy (non-hydrogen) atoms. The summed E-state index contributed by atoms with van der Waals surface area (Å²) in [4.78, 5) is 75.2. The molecular weight excluding hydrogens is 1760 g/mol. The lowest BCUT2D eigenvalue weighted by atomic mass is 10.1. The number of imidazole rings is 4. The number of aromatic nitrogens is 10. The van der Waals surface area contributed by atoms with Gasteiger partial charge in [0.1, 0.15) is 57.7 Å². The summed E-state index contributed by atoms with van der Waals surface area (Å²) in [6.07, 6.45) is 15.0. The quantitative estimate of drug-likeness (QED) is 0.0343. The van der Waals surface area contributed by atoms with Crippen LogP contribution in [0.1, 0.15) is 98.6 Å². The van der Waals surface area contributed by atoms with Gasteiger partial charge in [-0.05, 0) is 221 Å². The SMILES string of the molecule is CC(CO)n1cnc(-c2ccc(F)cc2)c1-c1ccc(C(=O)Nc2ccc(S(C)(=O)=O)cc2F)o1.Cc1cc(NC(=O)c2ccc(-c3c(-c4ccc(F)cc4)ncn3C3COC3)o2)c(F)cn1.Cn1cnc(-c2ccc(F)cc2)c1-c1ccc(C(=O)Nc2ccncc2F)o1.NS(=O)(=O)c1ccc(NC(=O)c2ccc(-c3c(-c4ccc(F)cc4)ncn3C3CCCC3)o2)c(F)c1. The Kier molecular flexibility index (Phi) is 26.7. The van der Waals surface area contributed by atoms with Crippen LogP contribution in [0.15, 0.2) is 265 Å². The molecular formula is C92H75F8N15O14S2. The summed E-state index contributed by atoms with van der Waals surface area (Å²) in [5, 5.41) is 24.4. The van der Waals surface area contributed by atoms with E-state index in [2.05, 4.69) is 51.2 Å². The number of anilines is 4. The number of pyridine rings is 2. The first-order valence-corrected chi connectivity index (χ1v) is 43.4. The number of benzene rings is 6. The number of halogens is 8. The van der Waals surface area contributed by atoms with Crippen molar-refractivity contribution in [3.05, 3.63) is 313 Å². The standard InChI is InChI=1S/C25H22F2N4O4S.C24H21F2N3O5S.C23H18F2N4O3.C20H14F2N4O2/c26-16-7-5-15(6-8-16)23-24(31(14-29-23)17-3-1-2-4-17)21-11-12-22(35-21)25(32)30-20-10-9-18(13-19(20)27)36(28,33)34;1-14(12-30)29-13-27-22(15-3-5-16(25)6-4-15)23(29)20-9-10-21(34-20)24(31)28-19-8-7-17(11-18(19)26)35(2,32)33;1-13-8-18(17(25)9-26-13)28-23(30)20-7-6-19(32-20)22-21(14-2-4-15(24)5-3-14)27-12-29(22)16-10-31-11-16;1-26-11-24-18(12-2-4-13(21)5-3-12)19(26)16-6-7-17(28-16)20(27)25-15-8-9-23-10-14(15)22/h5-14,17H,1-4H2,(H,30,32)(H2,28,33,34);3-11,13-14,30H,12H2,1-2H3,(H,28,31);2-9,12,16H,10-11H2,1H3,(H,26,28,30);2-11H,1H3,(H,23,25,27). The molecule has 1 saturated heterocycles. The van der Waals surface area contributed by atoms with Crippen LogP contribution in [0.4, 0.5) is 57.9 Å². The molecule has 6 aromatic carbocycles. The fourth-order valence-corrected chi connectivity index (χ4v) is 15.3. The zero-order chi connectivity index (χ0) is 92.7. The number of aliphatic hydroxyl groups is 1. The first kappa shape index (κ1) is 90.5. The van der Waals surface area contributed by atoms with Gasteiger partial charge < -0.3 is 67.0 Å². The summed E-state index contributed by atoms with van der Waals surface area (Å²) in [6, 6.07) is 44.6.